The number of hydrogen-bond donors (Lipinski definition) is 1. The number of amides is 1. The first-order valence-corrected chi connectivity index (χ1v) is 12.5. The number of ketones is 2. The number of fused-ring (bicyclic) bond motifs is 2. The first-order valence-electron chi connectivity index (χ1n) is 11.6. The Morgan fingerprint density at radius 2 is 1.51 bits per heavy atom. The van der Waals surface area contributed by atoms with E-state index in [0.717, 1.165) is 21.8 Å². The lowest BCUT2D eigenvalue weighted by Crippen LogP contribution is -2.21. The highest BCUT2D eigenvalue weighted by Gasteiger charge is 2.29. The third kappa shape index (κ3) is 4.22. The first-order chi connectivity index (χ1) is 18.1. The van der Waals surface area contributed by atoms with E-state index in [1.54, 1.807) is 64.6 Å². The van der Waals surface area contributed by atoms with Gasteiger partial charge in [-0.1, -0.05) is 48.5 Å². The molecule has 0 spiro atoms. The van der Waals surface area contributed by atoms with Crippen LogP contribution in [0.5, 0.6) is 0 Å². The second-order valence-electron chi connectivity index (χ2n) is 8.48. The maximum Gasteiger partial charge on any atom is 0.248 e. The Hall–Kier alpha value is -4.88. The molecule has 37 heavy (non-hydrogen) atoms. The van der Waals surface area contributed by atoms with Crippen molar-refractivity contribution in [3.8, 4) is 16.3 Å². The molecule has 0 fully saturated rings. The molecule has 5 aromatic rings. The summed E-state index contributed by atoms with van der Waals surface area (Å²) in [4.78, 5) is 39.6. The summed E-state index contributed by atoms with van der Waals surface area (Å²) < 4.78 is 1.79. The quantitative estimate of drug-likeness (QED) is 0.293. The Bertz CT molecular complexity index is 1700. The predicted octanol–water partition coefficient (Wildman–Crippen LogP) is 6.03. The van der Waals surface area contributed by atoms with Crippen molar-refractivity contribution in [1.29, 1.82) is 0 Å². The normalized spacial score (nSPS) is 12.4. The van der Waals surface area contributed by atoms with Gasteiger partial charge in [0, 0.05) is 45.8 Å². The molecule has 6 rings (SSSR count). The molecule has 1 amide bonds. The third-order valence-corrected chi connectivity index (χ3v) is 7.00. The summed E-state index contributed by atoms with van der Waals surface area (Å²) in [5, 5.41) is 9.53. The zero-order valence-corrected chi connectivity index (χ0v) is 20.2. The molecule has 2 heterocycles. The van der Waals surface area contributed by atoms with Gasteiger partial charge in [-0.25, -0.2) is 4.68 Å². The smallest absolute Gasteiger partial charge is 0.248 e. The second kappa shape index (κ2) is 9.29. The van der Waals surface area contributed by atoms with Crippen LogP contribution >= 0.6 is 11.3 Å². The maximum absolute atomic E-state index is 13.0. The molecule has 0 saturated carbocycles. The van der Waals surface area contributed by atoms with Crippen LogP contribution in [0.4, 0.5) is 5.69 Å². The van der Waals surface area contributed by atoms with Crippen molar-refractivity contribution in [2.75, 3.05) is 5.32 Å². The number of nitrogens with one attached hydrogen (secondary N) is 1. The molecule has 7 heteroatoms. The Balaban J connectivity index is 1.26. The van der Waals surface area contributed by atoms with Crippen LogP contribution in [0.1, 0.15) is 37.4 Å². The fraction of sp³-hybridized carbons (Fsp3) is 0. The van der Waals surface area contributed by atoms with Gasteiger partial charge >= 0.3 is 0 Å². The van der Waals surface area contributed by atoms with Crippen molar-refractivity contribution < 1.29 is 14.4 Å². The highest BCUT2D eigenvalue weighted by Crippen LogP contribution is 2.30. The number of benzene rings is 3. The van der Waals surface area contributed by atoms with Gasteiger partial charge in [0.15, 0.2) is 11.6 Å². The molecule has 0 aliphatic heterocycles. The number of nitrogens with zero attached hydrogens (tertiary/aromatic N) is 2. The number of rotatable bonds is 5. The highest BCUT2D eigenvalue weighted by atomic mass is 32.1. The maximum atomic E-state index is 13.0. The number of carbonyl (C=O) groups is 3. The number of carbonyl (C=O) groups excluding carboxylic acids is 3. The van der Waals surface area contributed by atoms with Crippen LogP contribution < -0.4 is 5.32 Å². The van der Waals surface area contributed by atoms with Crippen molar-refractivity contribution >= 4 is 40.6 Å². The standard InChI is InChI=1S/C30H19N3O3S/c34-27(31-20-13-14-24-25(17-20)30(36)23-10-5-4-9-22(23)29(24)35)15-12-19-18-33(21-7-2-1-3-8-21)32-28(19)26-11-6-16-37-26/h1-18H,(H,31,34). The van der Waals surface area contributed by atoms with Crippen LogP contribution in [0.3, 0.4) is 0 Å². The van der Waals surface area contributed by atoms with Crippen molar-refractivity contribution in [1.82, 2.24) is 9.78 Å². The summed E-state index contributed by atoms with van der Waals surface area (Å²) in [5.74, 6) is -0.787. The van der Waals surface area contributed by atoms with Crippen LogP contribution in [0.25, 0.3) is 22.3 Å². The number of anilines is 1. The topological polar surface area (TPSA) is 81.1 Å². The van der Waals surface area contributed by atoms with Gasteiger partial charge in [0.1, 0.15) is 5.69 Å². The van der Waals surface area contributed by atoms with Crippen molar-refractivity contribution in [2.45, 2.75) is 0 Å². The second-order valence-corrected chi connectivity index (χ2v) is 9.42. The molecular weight excluding hydrogens is 482 g/mol. The zero-order valence-electron chi connectivity index (χ0n) is 19.4. The largest absolute Gasteiger partial charge is 0.322 e. The van der Waals surface area contributed by atoms with Crippen LogP contribution in [0.2, 0.25) is 0 Å². The Kier molecular flexibility index (Phi) is 5.67. The van der Waals surface area contributed by atoms with Gasteiger partial charge in [-0.2, -0.15) is 5.10 Å². The van der Waals surface area contributed by atoms with E-state index in [9.17, 15) is 14.4 Å². The van der Waals surface area contributed by atoms with Gasteiger partial charge < -0.3 is 5.32 Å². The molecule has 1 aliphatic carbocycles. The average Bonchev–Trinajstić information content (AvgIpc) is 3.61. The van der Waals surface area contributed by atoms with Gasteiger partial charge in [-0.15, -0.1) is 11.3 Å². The zero-order chi connectivity index (χ0) is 25.4. The number of hydrogen-bond acceptors (Lipinski definition) is 5. The van der Waals surface area contributed by atoms with Crippen LogP contribution in [0.15, 0.2) is 103 Å². The van der Waals surface area contributed by atoms with Gasteiger partial charge in [0.25, 0.3) is 0 Å². The summed E-state index contributed by atoms with van der Waals surface area (Å²) in [6.45, 7) is 0. The lowest BCUT2D eigenvalue weighted by Gasteiger charge is -2.18. The summed E-state index contributed by atoms with van der Waals surface area (Å²) in [6.07, 6.45) is 5.04. The fourth-order valence-electron chi connectivity index (χ4n) is 4.35. The lowest BCUT2D eigenvalue weighted by atomic mass is 9.84. The van der Waals surface area contributed by atoms with E-state index in [-0.39, 0.29) is 23.0 Å². The average molecular weight is 502 g/mol. The number of para-hydroxylation sites is 1. The third-order valence-electron chi connectivity index (χ3n) is 6.12. The summed E-state index contributed by atoms with van der Waals surface area (Å²) in [7, 11) is 0. The van der Waals surface area contributed by atoms with Crippen molar-refractivity contribution in [3.05, 3.63) is 130 Å². The minimum atomic E-state index is -0.362. The highest BCUT2D eigenvalue weighted by molar-refractivity contribution is 7.13. The Labute approximate surface area is 216 Å². The Morgan fingerprint density at radius 1 is 0.811 bits per heavy atom. The molecule has 0 saturated heterocycles. The van der Waals surface area contributed by atoms with Gasteiger partial charge in [0.2, 0.25) is 5.91 Å². The van der Waals surface area contributed by atoms with E-state index in [1.165, 1.54) is 6.08 Å². The van der Waals surface area contributed by atoms with Crippen molar-refractivity contribution in [3.63, 3.8) is 0 Å². The molecule has 0 unspecified atom stereocenters. The molecule has 1 N–H and O–H groups in total. The van der Waals surface area contributed by atoms with E-state index in [0.29, 0.717) is 22.4 Å². The molecule has 0 bridgehead atoms. The predicted molar refractivity (Wildman–Crippen MR) is 144 cm³/mol. The van der Waals surface area contributed by atoms with E-state index in [1.807, 2.05) is 54.0 Å². The van der Waals surface area contributed by atoms with Crippen LogP contribution in [-0.2, 0) is 4.79 Å². The SMILES string of the molecule is O=C(C=Cc1cn(-c2ccccc2)nc1-c1cccs1)Nc1ccc2c(c1)C(=O)c1ccccc1C2=O. The van der Waals surface area contributed by atoms with E-state index < -0.39 is 0 Å². The summed E-state index contributed by atoms with van der Waals surface area (Å²) in [5.41, 5.74) is 4.33. The number of aromatic nitrogens is 2. The molecular formula is C30H19N3O3S. The van der Waals surface area contributed by atoms with Crippen LogP contribution in [0, 0.1) is 0 Å². The minimum Gasteiger partial charge on any atom is -0.322 e. The molecule has 6 nitrogen and oxygen atoms in total. The molecule has 3 aromatic carbocycles. The van der Waals surface area contributed by atoms with E-state index >= 15 is 0 Å². The van der Waals surface area contributed by atoms with Gasteiger partial charge in [-0.05, 0) is 47.9 Å². The lowest BCUT2D eigenvalue weighted by molar-refractivity contribution is -0.111. The minimum absolute atomic E-state index is 0.195. The van der Waals surface area contributed by atoms with Gasteiger partial charge in [-0.3, -0.25) is 14.4 Å². The molecule has 0 atom stereocenters. The monoisotopic (exact) mass is 501 g/mol. The molecule has 2 aromatic heterocycles. The molecule has 0 radical (unpaired) electrons. The van der Waals surface area contributed by atoms with Gasteiger partial charge in [0.05, 0.1) is 10.6 Å². The molecule has 1 aliphatic rings. The fourth-order valence-corrected chi connectivity index (χ4v) is 5.08. The first kappa shape index (κ1) is 22.6. The van der Waals surface area contributed by atoms with Crippen LogP contribution in [-0.4, -0.2) is 27.3 Å². The number of thiophene rings is 1. The van der Waals surface area contributed by atoms with E-state index in [2.05, 4.69) is 5.32 Å². The summed E-state index contributed by atoms with van der Waals surface area (Å²) >= 11 is 1.57. The van der Waals surface area contributed by atoms with Crippen molar-refractivity contribution in [2.24, 2.45) is 0 Å². The molecule has 178 valence electrons. The summed E-state index contributed by atoms with van der Waals surface area (Å²) in [6, 6.07) is 25.3. The van der Waals surface area contributed by atoms with E-state index in [4.69, 9.17) is 5.10 Å². The Morgan fingerprint density at radius 3 is 2.24 bits per heavy atom.